The second kappa shape index (κ2) is 9.39. The Morgan fingerprint density at radius 3 is 2.37 bits per heavy atom. The lowest BCUT2D eigenvalue weighted by Crippen LogP contribution is -2.46. The van der Waals surface area contributed by atoms with Crippen LogP contribution in [0.5, 0.6) is 23.0 Å². The lowest BCUT2D eigenvalue weighted by atomic mass is 10.0. The molecule has 0 saturated carbocycles. The van der Waals surface area contributed by atoms with Gasteiger partial charge >= 0.3 is 0 Å². The highest BCUT2D eigenvalue weighted by Gasteiger charge is 2.26. The number of amides is 2. The Hall–Kier alpha value is -3.42. The summed E-state index contributed by atoms with van der Waals surface area (Å²) in [6.07, 6.45) is 0.663. The number of hydrogen-bond donors (Lipinski definition) is 2. The first kappa shape index (κ1) is 21.3. The number of ether oxygens (including phenoxy) is 4. The summed E-state index contributed by atoms with van der Waals surface area (Å²) >= 11 is 0. The molecule has 2 aromatic rings. The topological polar surface area (TPSA) is 95.1 Å². The van der Waals surface area contributed by atoms with Gasteiger partial charge < -0.3 is 29.6 Å². The number of fused-ring (bicyclic) bond motifs is 1. The summed E-state index contributed by atoms with van der Waals surface area (Å²) in [5.41, 5.74) is 1.22. The van der Waals surface area contributed by atoms with E-state index in [4.69, 9.17) is 18.9 Å². The van der Waals surface area contributed by atoms with Crippen LogP contribution in [0.4, 0.5) is 0 Å². The predicted molar refractivity (Wildman–Crippen MR) is 110 cm³/mol. The number of carbonyl (C=O) groups excluding carboxylic acids is 2. The zero-order valence-electron chi connectivity index (χ0n) is 17.5. The highest BCUT2D eigenvalue weighted by molar-refractivity contribution is 5.98. The van der Waals surface area contributed by atoms with Crippen molar-refractivity contribution in [2.75, 3.05) is 27.9 Å². The van der Waals surface area contributed by atoms with Crippen LogP contribution >= 0.6 is 0 Å². The van der Waals surface area contributed by atoms with E-state index in [1.54, 1.807) is 6.92 Å². The number of carbonyl (C=O) groups is 2. The van der Waals surface area contributed by atoms with Crippen molar-refractivity contribution < 1.29 is 28.5 Å². The molecule has 0 bridgehead atoms. The Kier molecular flexibility index (Phi) is 6.66. The van der Waals surface area contributed by atoms with Crippen molar-refractivity contribution in [1.82, 2.24) is 10.6 Å². The third-order valence-corrected chi connectivity index (χ3v) is 4.94. The van der Waals surface area contributed by atoms with Crippen LogP contribution in [0.1, 0.15) is 35.3 Å². The monoisotopic (exact) mass is 414 g/mol. The molecule has 0 spiro atoms. The zero-order chi connectivity index (χ0) is 21.7. The fourth-order valence-electron chi connectivity index (χ4n) is 3.35. The third-order valence-electron chi connectivity index (χ3n) is 4.94. The molecule has 30 heavy (non-hydrogen) atoms. The fraction of sp³-hybridized carbons (Fsp3) is 0.364. The number of benzene rings is 2. The van der Waals surface area contributed by atoms with Gasteiger partial charge in [-0.3, -0.25) is 9.59 Å². The molecule has 0 radical (unpaired) electrons. The Balaban J connectivity index is 1.69. The minimum atomic E-state index is -0.744. The summed E-state index contributed by atoms with van der Waals surface area (Å²) in [5, 5.41) is 5.71. The molecule has 8 nitrogen and oxygen atoms in total. The average molecular weight is 414 g/mol. The molecule has 2 atom stereocenters. The van der Waals surface area contributed by atoms with Crippen molar-refractivity contribution in [3.63, 3.8) is 0 Å². The minimum Gasteiger partial charge on any atom is -0.493 e. The zero-order valence-corrected chi connectivity index (χ0v) is 17.5. The van der Waals surface area contributed by atoms with Crippen LogP contribution < -0.4 is 29.6 Å². The molecule has 8 heteroatoms. The van der Waals surface area contributed by atoms with E-state index in [1.807, 2.05) is 24.3 Å². The number of methoxy groups -OCH3 is 3. The Morgan fingerprint density at radius 1 is 1.07 bits per heavy atom. The van der Waals surface area contributed by atoms with Gasteiger partial charge in [0.05, 0.1) is 34.0 Å². The van der Waals surface area contributed by atoms with Gasteiger partial charge in [-0.1, -0.05) is 18.2 Å². The highest BCUT2D eigenvalue weighted by atomic mass is 16.5. The second-order valence-corrected chi connectivity index (χ2v) is 6.85. The van der Waals surface area contributed by atoms with Crippen LogP contribution in [0.15, 0.2) is 36.4 Å². The first-order valence-corrected chi connectivity index (χ1v) is 9.61. The number of nitrogens with one attached hydrogen (secondary N) is 2. The van der Waals surface area contributed by atoms with Crippen LogP contribution in [0.25, 0.3) is 0 Å². The molecule has 0 aromatic heterocycles. The van der Waals surface area contributed by atoms with E-state index in [2.05, 4.69) is 10.6 Å². The molecule has 0 saturated heterocycles. The van der Waals surface area contributed by atoms with Crippen LogP contribution in [0.2, 0.25) is 0 Å². The Bertz CT molecular complexity index is 905. The SMILES string of the molecule is COc1cc(C(=O)N[C@@H](C)C(=O)N[C@H]2CCOc3ccccc32)cc(OC)c1OC. The lowest BCUT2D eigenvalue weighted by molar-refractivity contribution is -0.123. The van der Waals surface area contributed by atoms with E-state index >= 15 is 0 Å². The maximum atomic E-state index is 12.7. The summed E-state index contributed by atoms with van der Waals surface area (Å²) in [6, 6.07) is 9.77. The third kappa shape index (κ3) is 4.42. The summed E-state index contributed by atoms with van der Waals surface area (Å²) in [4.78, 5) is 25.4. The van der Waals surface area contributed by atoms with Crippen molar-refractivity contribution in [1.29, 1.82) is 0 Å². The molecular weight excluding hydrogens is 388 g/mol. The van der Waals surface area contributed by atoms with E-state index in [1.165, 1.54) is 33.5 Å². The van der Waals surface area contributed by atoms with E-state index < -0.39 is 11.9 Å². The molecule has 2 aromatic carbocycles. The molecule has 0 fully saturated rings. The van der Waals surface area contributed by atoms with E-state index in [0.29, 0.717) is 35.8 Å². The smallest absolute Gasteiger partial charge is 0.252 e. The van der Waals surface area contributed by atoms with Gasteiger partial charge in [0.1, 0.15) is 11.8 Å². The summed E-state index contributed by atoms with van der Waals surface area (Å²) in [5.74, 6) is 1.17. The predicted octanol–water partition coefficient (Wildman–Crippen LogP) is 2.47. The van der Waals surface area contributed by atoms with Crippen molar-refractivity contribution >= 4 is 11.8 Å². The lowest BCUT2D eigenvalue weighted by Gasteiger charge is -2.27. The van der Waals surface area contributed by atoms with Gasteiger partial charge in [-0.15, -0.1) is 0 Å². The number of rotatable bonds is 7. The molecule has 0 unspecified atom stereocenters. The van der Waals surface area contributed by atoms with E-state index in [0.717, 1.165) is 11.3 Å². The molecule has 1 heterocycles. The van der Waals surface area contributed by atoms with Crippen LogP contribution in [-0.2, 0) is 4.79 Å². The maximum absolute atomic E-state index is 12.7. The first-order chi connectivity index (χ1) is 14.5. The van der Waals surface area contributed by atoms with Crippen molar-refractivity contribution in [2.24, 2.45) is 0 Å². The fourth-order valence-corrected chi connectivity index (χ4v) is 3.35. The second-order valence-electron chi connectivity index (χ2n) is 6.85. The van der Waals surface area contributed by atoms with Crippen molar-refractivity contribution in [2.45, 2.75) is 25.4 Å². The van der Waals surface area contributed by atoms with Gasteiger partial charge in [-0.2, -0.15) is 0 Å². The van der Waals surface area contributed by atoms with Gasteiger partial charge in [0.25, 0.3) is 5.91 Å². The molecule has 2 N–H and O–H groups in total. The van der Waals surface area contributed by atoms with Gasteiger partial charge in [0.2, 0.25) is 11.7 Å². The normalized spacial score (nSPS) is 15.8. The maximum Gasteiger partial charge on any atom is 0.252 e. The van der Waals surface area contributed by atoms with Crippen LogP contribution in [-0.4, -0.2) is 45.8 Å². The van der Waals surface area contributed by atoms with E-state index in [9.17, 15) is 9.59 Å². The molecule has 1 aliphatic rings. The first-order valence-electron chi connectivity index (χ1n) is 9.61. The largest absolute Gasteiger partial charge is 0.493 e. The molecule has 1 aliphatic heterocycles. The summed E-state index contributed by atoms with van der Waals surface area (Å²) in [6.45, 7) is 2.16. The van der Waals surface area contributed by atoms with Gasteiger partial charge in [-0.05, 0) is 25.1 Å². The molecule has 0 aliphatic carbocycles. The van der Waals surface area contributed by atoms with Crippen LogP contribution in [0, 0.1) is 0 Å². The highest BCUT2D eigenvalue weighted by Crippen LogP contribution is 2.38. The Morgan fingerprint density at radius 2 is 1.73 bits per heavy atom. The van der Waals surface area contributed by atoms with Gasteiger partial charge in [-0.25, -0.2) is 0 Å². The molecule has 2 amide bonds. The number of hydrogen-bond acceptors (Lipinski definition) is 6. The van der Waals surface area contributed by atoms with Crippen molar-refractivity contribution in [3.05, 3.63) is 47.5 Å². The van der Waals surface area contributed by atoms with E-state index in [-0.39, 0.29) is 11.9 Å². The molecule has 160 valence electrons. The quantitative estimate of drug-likeness (QED) is 0.723. The average Bonchev–Trinajstić information content (AvgIpc) is 2.78. The number of para-hydroxylation sites is 1. The van der Waals surface area contributed by atoms with Crippen molar-refractivity contribution in [3.8, 4) is 23.0 Å². The standard InChI is InChI=1S/C22H26N2O6/c1-13(21(25)24-16-9-10-30-17-8-6-5-7-15(16)17)23-22(26)14-11-18(27-2)20(29-4)19(12-14)28-3/h5-8,11-13,16H,9-10H2,1-4H3,(H,23,26)(H,24,25)/t13-,16-/m0/s1. The minimum absolute atomic E-state index is 0.164. The molecular formula is C22H26N2O6. The molecule has 3 rings (SSSR count). The van der Waals surface area contributed by atoms with Gasteiger partial charge in [0, 0.05) is 17.5 Å². The Labute approximate surface area is 175 Å². The summed E-state index contributed by atoms with van der Waals surface area (Å²) in [7, 11) is 4.43. The van der Waals surface area contributed by atoms with Crippen LogP contribution in [0.3, 0.4) is 0 Å². The van der Waals surface area contributed by atoms with Gasteiger partial charge in [0.15, 0.2) is 11.5 Å². The summed E-state index contributed by atoms with van der Waals surface area (Å²) < 4.78 is 21.5.